The summed E-state index contributed by atoms with van der Waals surface area (Å²) < 4.78 is 72.3. The maximum atomic E-state index is 14.6. The molecule has 0 spiro atoms. The first kappa shape index (κ1) is 38.7. The fourth-order valence-corrected chi connectivity index (χ4v) is 4.25. The molecule has 1 aromatic carbocycles. The Balaban J connectivity index is 2.28. The summed E-state index contributed by atoms with van der Waals surface area (Å²) in [5.74, 6) is -1.30. The number of carbonyl (C=O) groups is 2. The Morgan fingerprint density at radius 3 is 2.10 bits per heavy atom. The van der Waals surface area contributed by atoms with E-state index in [1.54, 1.807) is 6.08 Å². The molecule has 2 heterocycles. The highest BCUT2D eigenvalue weighted by molar-refractivity contribution is 6.11. The molecular formula is C35H43F3N4O7. The number of imide groups is 1. The second-order valence-electron chi connectivity index (χ2n) is 13.1. The summed E-state index contributed by atoms with van der Waals surface area (Å²) in [5, 5.41) is 8.18. The molecule has 0 saturated carbocycles. The molecule has 11 nitrogen and oxygen atoms in total. The lowest BCUT2D eigenvalue weighted by molar-refractivity contribution is -0.139. The molecule has 2 atom stereocenters. The predicted octanol–water partition coefficient (Wildman–Crippen LogP) is 9.39. The van der Waals surface area contributed by atoms with Crippen LogP contribution in [0.1, 0.15) is 90.9 Å². The van der Waals surface area contributed by atoms with Crippen LogP contribution in [0.5, 0.6) is 5.88 Å². The molecule has 266 valence electrons. The summed E-state index contributed by atoms with van der Waals surface area (Å²) in [5.41, 5.74) is -4.00. The standard InChI is InChI=1S/C35H43F3N4O7/c1-10-12-19-26(45-21-23-17-14-13-15-18-23)29-40-41-30(47-29)27-25(20-24(35(36,37)38)28(39-27)46-22(3)16-11-2)42(31(43)48-33(4,5)6)32(44)49-34(7,8)9/h10-11,13-15,17-18,20,22,26H,1-2,12,16,19,21H2,3-9H3/t22-,26?/m1/s1. The van der Waals surface area contributed by atoms with Gasteiger partial charge in [0.25, 0.3) is 5.89 Å². The van der Waals surface area contributed by atoms with Crippen molar-refractivity contribution < 1.29 is 46.1 Å². The molecule has 0 N–H and O–H groups in total. The first-order chi connectivity index (χ1) is 22.8. The van der Waals surface area contributed by atoms with E-state index in [-0.39, 0.29) is 18.9 Å². The normalized spacial score (nSPS) is 13.3. The maximum Gasteiger partial charge on any atom is 0.424 e. The molecule has 3 rings (SSSR count). The van der Waals surface area contributed by atoms with Crippen LogP contribution < -0.4 is 9.64 Å². The number of aromatic nitrogens is 3. The van der Waals surface area contributed by atoms with E-state index in [1.807, 2.05) is 30.3 Å². The number of rotatable bonds is 13. The SMILES string of the molecule is C=CCCC(OCc1ccccc1)c1nnc(-c2nc(O[C@H](C)CC=C)c(C(F)(F)F)cc2N(C(=O)OC(C)(C)C)C(=O)OC(C)(C)C)o1. The summed E-state index contributed by atoms with van der Waals surface area (Å²) in [6.07, 6.45) is -5.03. The molecule has 0 saturated heterocycles. The average Bonchev–Trinajstić information content (AvgIpc) is 3.46. The number of nitrogens with zero attached hydrogens (tertiary/aromatic N) is 4. The van der Waals surface area contributed by atoms with Crippen LogP contribution in [-0.2, 0) is 27.0 Å². The van der Waals surface area contributed by atoms with E-state index in [0.717, 1.165) is 5.56 Å². The van der Waals surface area contributed by atoms with Crippen LogP contribution in [0.4, 0.5) is 28.4 Å². The topological polar surface area (TPSA) is 126 Å². The summed E-state index contributed by atoms with van der Waals surface area (Å²) in [7, 11) is 0. The van der Waals surface area contributed by atoms with Gasteiger partial charge in [-0.2, -0.15) is 18.1 Å². The number of halogens is 3. The molecule has 0 aliphatic rings. The number of ether oxygens (including phenoxy) is 4. The van der Waals surface area contributed by atoms with E-state index in [9.17, 15) is 22.8 Å². The lowest BCUT2D eigenvalue weighted by Crippen LogP contribution is -2.44. The van der Waals surface area contributed by atoms with Gasteiger partial charge in [0.2, 0.25) is 11.8 Å². The summed E-state index contributed by atoms with van der Waals surface area (Å²) in [6, 6.07) is 9.87. The van der Waals surface area contributed by atoms with Crippen molar-refractivity contribution in [3.8, 4) is 17.5 Å². The van der Waals surface area contributed by atoms with Gasteiger partial charge in [0, 0.05) is 6.42 Å². The number of hydrogen-bond acceptors (Lipinski definition) is 10. The van der Waals surface area contributed by atoms with E-state index in [2.05, 4.69) is 28.3 Å². The highest BCUT2D eigenvalue weighted by atomic mass is 19.4. The van der Waals surface area contributed by atoms with E-state index >= 15 is 0 Å². The minimum atomic E-state index is -5.04. The number of carbonyl (C=O) groups excluding carboxylic acids is 2. The van der Waals surface area contributed by atoms with Crippen molar-refractivity contribution in [2.24, 2.45) is 0 Å². The van der Waals surface area contributed by atoms with Crippen molar-refractivity contribution in [1.82, 2.24) is 15.2 Å². The fourth-order valence-electron chi connectivity index (χ4n) is 4.25. The molecule has 1 unspecified atom stereocenters. The number of amides is 2. The average molecular weight is 689 g/mol. The molecule has 14 heteroatoms. The quantitative estimate of drug-likeness (QED) is 0.160. The van der Waals surface area contributed by atoms with Crippen LogP contribution in [0.15, 0.2) is 66.1 Å². The lowest BCUT2D eigenvalue weighted by Gasteiger charge is -2.29. The fraction of sp³-hybridized carbons (Fsp3) is 0.457. The van der Waals surface area contributed by atoms with Crippen molar-refractivity contribution in [3.05, 3.63) is 78.7 Å². The smallest absolute Gasteiger partial charge is 0.424 e. The Morgan fingerprint density at radius 2 is 1.57 bits per heavy atom. The minimum Gasteiger partial charge on any atom is -0.474 e. The third-order valence-electron chi connectivity index (χ3n) is 6.32. The number of anilines is 1. The molecule has 2 amide bonds. The summed E-state index contributed by atoms with van der Waals surface area (Å²) in [4.78, 5) is 31.6. The Labute approximate surface area is 284 Å². The van der Waals surface area contributed by atoms with Crippen LogP contribution in [0, 0.1) is 0 Å². The zero-order chi connectivity index (χ0) is 36.6. The van der Waals surface area contributed by atoms with Gasteiger partial charge in [-0.25, -0.2) is 14.6 Å². The maximum absolute atomic E-state index is 14.6. The summed E-state index contributed by atoms with van der Waals surface area (Å²) in [6.45, 7) is 18.2. The predicted molar refractivity (Wildman–Crippen MR) is 176 cm³/mol. The zero-order valence-electron chi connectivity index (χ0n) is 28.8. The van der Waals surface area contributed by atoms with Crippen LogP contribution >= 0.6 is 0 Å². The molecule has 0 aliphatic heterocycles. The Hall–Kier alpha value is -4.72. The molecule has 0 bridgehead atoms. The van der Waals surface area contributed by atoms with Crippen molar-refractivity contribution in [1.29, 1.82) is 0 Å². The largest absolute Gasteiger partial charge is 0.474 e. The van der Waals surface area contributed by atoms with Gasteiger partial charge in [-0.05, 0) is 72.9 Å². The van der Waals surface area contributed by atoms with Gasteiger partial charge in [-0.3, -0.25) is 0 Å². The van der Waals surface area contributed by atoms with Crippen molar-refractivity contribution in [2.75, 3.05) is 4.90 Å². The van der Waals surface area contributed by atoms with Gasteiger partial charge in [0.15, 0.2) is 5.69 Å². The van der Waals surface area contributed by atoms with Crippen molar-refractivity contribution in [2.45, 2.75) is 104 Å². The summed E-state index contributed by atoms with van der Waals surface area (Å²) >= 11 is 0. The van der Waals surface area contributed by atoms with E-state index in [1.165, 1.54) is 54.5 Å². The lowest BCUT2D eigenvalue weighted by atomic mass is 10.1. The van der Waals surface area contributed by atoms with Gasteiger partial charge in [-0.15, -0.1) is 23.4 Å². The zero-order valence-corrected chi connectivity index (χ0v) is 28.8. The number of allylic oxidation sites excluding steroid dienone is 1. The molecular weight excluding hydrogens is 645 g/mol. The first-order valence-electron chi connectivity index (χ1n) is 15.6. The van der Waals surface area contributed by atoms with Crippen LogP contribution in [0.2, 0.25) is 0 Å². The monoisotopic (exact) mass is 688 g/mol. The minimum absolute atomic E-state index is 0.0241. The van der Waals surface area contributed by atoms with Gasteiger partial charge in [-0.1, -0.05) is 42.5 Å². The van der Waals surface area contributed by atoms with Crippen LogP contribution in [-0.4, -0.2) is 44.7 Å². The highest BCUT2D eigenvalue weighted by Crippen LogP contribution is 2.43. The highest BCUT2D eigenvalue weighted by Gasteiger charge is 2.42. The van der Waals surface area contributed by atoms with Crippen molar-refractivity contribution in [3.63, 3.8) is 0 Å². The first-order valence-corrected chi connectivity index (χ1v) is 15.6. The van der Waals surface area contributed by atoms with Gasteiger partial charge < -0.3 is 23.4 Å². The van der Waals surface area contributed by atoms with E-state index in [0.29, 0.717) is 23.8 Å². The number of alkyl halides is 3. The number of hydrogen-bond donors (Lipinski definition) is 0. The molecule has 0 fully saturated rings. The molecule has 0 aliphatic carbocycles. The molecule has 49 heavy (non-hydrogen) atoms. The molecule has 0 radical (unpaired) electrons. The van der Waals surface area contributed by atoms with Crippen LogP contribution in [0.3, 0.4) is 0 Å². The third-order valence-corrected chi connectivity index (χ3v) is 6.32. The van der Waals surface area contributed by atoms with Gasteiger partial charge >= 0.3 is 18.4 Å². The second kappa shape index (κ2) is 16.1. The third kappa shape index (κ3) is 11.4. The van der Waals surface area contributed by atoms with E-state index in [4.69, 9.17) is 23.4 Å². The number of pyridine rings is 1. The van der Waals surface area contributed by atoms with Gasteiger partial charge in [0.1, 0.15) is 29.0 Å². The second-order valence-corrected chi connectivity index (χ2v) is 13.1. The Morgan fingerprint density at radius 1 is 0.959 bits per heavy atom. The molecule has 3 aromatic rings. The number of benzene rings is 1. The van der Waals surface area contributed by atoms with E-state index < -0.39 is 70.5 Å². The van der Waals surface area contributed by atoms with Gasteiger partial charge in [0.05, 0.1) is 12.3 Å². The molecule has 2 aromatic heterocycles. The Bertz CT molecular complexity index is 1570. The van der Waals surface area contributed by atoms with Crippen LogP contribution in [0.25, 0.3) is 11.6 Å². The van der Waals surface area contributed by atoms with Crippen molar-refractivity contribution >= 4 is 17.9 Å². The Kier molecular flexibility index (Phi) is 12.7.